The largest absolute Gasteiger partial charge is 0.381 e. The number of ether oxygens (including phenoxy) is 2. The monoisotopic (exact) mass is 370 g/mol. The Labute approximate surface area is 159 Å². The highest BCUT2D eigenvalue weighted by molar-refractivity contribution is 5.94. The maximum Gasteiger partial charge on any atom is 0.253 e. The van der Waals surface area contributed by atoms with E-state index in [2.05, 4.69) is 15.2 Å². The first kappa shape index (κ1) is 18.1. The molecule has 0 saturated carbocycles. The molecule has 1 aromatic carbocycles. The normalized spacial score (nSPS) is 19.8. The van der Waals surface area contributed by atoms with Gasteiger partial charge in [-0.1, -0.05) is 19.1 Å². The van der Waals surface area contributed by atoms with Crippen molar-refractivity contribution in [3.8, 4) is 11.4 Å². The Bertz CT molecular complexity index is 781. The molecular formula is C20H26N4O3. The van der Waals surface area contributed by atoms with Gasteiger partial charge in [0.15, 0.2) is 5.82 Å². The number of aryl methyl sites for hydroxylation is 1. The average molecular weight is 370 g/mol. The third-order valence-electron chi connectivity index (χ3n) is 5.54. The summed E-state index contributed by atoms with van der Waals surface area (Å²) in [6.45, 7) is 6.18. The maximum absolute atomic E-state index is 13.1. The zero-order chi connectivity index (χ0) is 18.7. The molecule has 1 amide bonds. The molecule has 1 N–H and O–H groups in total. The Hall–Kier alpha value is -2.25. The molecule has 7 heteroatoms. The minimum atomic E-state index is 0.0276. The molecule has 3 heterocycles. The van der Waals surface area contributed by atoms with Crippen LogP contribution in [-0.4, -0.2) is 65.5 Å². The predicted molar refractivity (Wildman–Crippen MR) is 100 cm³/mol. The molecule has 2 aromatic rings. The molecule has 2 fully saturated rings. The van der Waals surface area contributed by atoms with E-state index in [1.54, 1.807) is 0 Å². The van der Waals surface area contributed by atoms with E-state index in [4.69, 9.17) is 9.47 Å². The number of rotatable bonds is 3. The summed E-state index contributed by atoms with van der Waals surface area (Å²) >= 11 is 0. The number of H-pyrrole nitrogens is 1. The van der Waals surface area contributed by atoms with E-state index in [0.29, 0.717) is 31.1 Å². The van der Waals surface area contributed by atoms with Crippen molar-refractivity contribution in [2.75, 3.05) is 39.5 Å². The lowest BCUT2D eigenvalue weighted by atomic mass is 9.80. The van der Waals surface area contributed by atoms with E-state index in [1.807, 2.05) is 36.1 Å². The van der Waals surface area contributed by atoms with Crippen LogP contribution in [0.5, 0.6) is 0 Å². The van der Waals surface area contributed by atoms with Crippen LogP contribution in [0.4, 0.5) is 0 Å². The number of benzene rings is 1. The smallest absolute Gasteiger partial charge is 0.253 e. The van der Waals surface area contributed by atoms with Crippen molar-refractivity contribution >= 4 is 5.91 Å². The molecule has 1 aromatic heterocycles. The molecule has 27 heavy (non-hydrogen) atoms. The van der Waals surface area contributed by atoms with Gasteiger partial charge in [0, 0.05) is 49.3 Å². The summed E-state index contributed by atoms with van der Waals surface area (Å²) < 4.78 is 11.3. The second-order valence-corrected chi connectivity index (χ2v) is 7.43. The third kappa shape index (κ3) is 3.89. The molecule has 7 nitrogen and oxygen atoms in total. The Balaban J connectivity index is 1.49. The predicted octanol–water partition coefficient (Wildman–Crippen LogP) is 2.30. The quantitative estimate of drug-likeness (QED) is 0.897. The number of hydrogen-bond donors (Lipinski definition) is 1. The molecule has 0 atom stereocenters. The zero-order valence-electron chi connectivity index (χ0n) is 15.7. The van der Waals surface area contributed by atoms with Gasteiger partial charge >= 0.3 is 0 Å². The lowest BCUT2D eigenvalue weighted by Gasteiger charge is -2.38. The molecule has 0 aliphatic carbocycles. The first-order valence-corrected chi connectivity index (χ1v) is 9.66. The van der Waals surface area contributed by atoms with Crippen LogP contribution in [0.3, 0.4) is 0 Å². The van der Waals surface area contributed by atoms with E-state index >= 15 is 0 Å². The van der Waals surface area contributed by atoms with E-state index in [1.165, 1.54) is 0 Å². The van der Waals surface area contributed by atoms with Crippen molar-refractivity contribution in [1.29, 1.82) is 0 Å². The van der Waals surface area contributed by atoms with Gasteiger partial charge < -0.3 is 14.4 Å². The standard InChI is InChI=1S/C20H26N4O3/c1-2-17-21-18(23-22-17)15-3-5-16(6-4-15)19(25)24-9-12-27-14-20(13-24)7-10-26-11-8-20/h3-6H,2,7-14H2,1H3,(H,21,22,23). The van der Waals surface area contributed by atoms with Gasteiger partial charge in [0.05, 0.1) is 13.2 Å². The van der Waals surface area contributed by atoms with Crippen LogP contribution in [0.25, 0.3) is 11.4 Å². The summed E-state index contributed by atoms with van der Waals surface area (Å²) in [7, 11) is 0. The number of carbonyl (C=O) groups excluding carboxylic acids is 1. The molecule has 0 radical (unpaired) electrons. The number of amides is 1. The van der Waals surface area contributed by atoms with Crippen LogP contribution in [0.1, 0.15) is 35.9 Å². The Kier molecular flexibility index (Phi) is 5.22. The summed E-state index contributed by atoms with van der Waals surface area (Å²) in [6, 6.07) is 7.55. The number of nitrogens with zero attached hydrogens (tertiary/aromatic N) is 3. The summed E-state index contributed by atoms with van der Waals surface area (Å²) in [5, 5.41) is 7.15. The van der Waals surface area contributed by atoms with Gasteiger partial charge in [-0.15, -0.1) is 0 Å². The van der Waals surface area contributed by atoms with E-state index < -0.39 is 0 Å². The fourth-order valence-electron chi connectivity index (χ4n) is 3.80. The number of aromatic nitrogens is 3. The van der Waals surface area contributed by atoms with Gasteiger partial charge in [-0.3, -0.25) is 9.89 Å². The fourth-order valence-corrected chi connectivity index (χ4v) is 3.80. The molecule has 2 aliphatic rings. The molecule has 0 unspecified atom stereocenters. The zero-order valence-corrected chi connectivity index (χ0v) is 15.7. The van der Waals surface area contributed by atoms with Gasteiger partial charge in [-0.05, 0) is 25.0 Å². The first-order valence-electron chi connectivity index (χ1n) is 9.66. The van der Waals surface area contributed by atoms with Crippen LogP contribution in [0.2, 0.25) is 0 Å². The van der Waals surface area contributed by atoms with E-state index in [-0.39, 0.29) is 11.3 Å². The van der Waals surface area contributed by atoms with Gasteiger partial charge in [0.2, 0.25) is 0 Å². The highest BCUT2D eigenvalue weighted by atomic mass is 16.5. The molecule has 2 saturated heterocycles. The molecule has 1 spiro atoms. The highest BCUT2D eigenvalue weighted by Crippen LogP contribution is 2.33. The van der Waals surface area contributed by atoms with Gasteiger partial charge in [0.25, 0.3) is 5.91 Å². The average Bonchev–Trinajstić information content (AvgIpc) is 3.11. The second kappa shape index (κ2) is 7.78. The highest BCUT2D eigenvalue weighted by Gasteiger charge is 2.38. The molecule has 4 rings (SSSR count). The molecule has 144 valence electrons. The Morgan fingerprint density at radius 3 is 2.67 bits per heavy atom. The van der Waals surface area contributed by atoms with Crippen LogP contribution in [0.15, 0.2) is 24.3 Å². The first-order chi connectivity index (χ1) is 13.2. The van der Waals surface area contributed by atoms with E-state index in [9.17, 15) is 4.79 Å². The second-order valence-electron chi connectivity index (χ2n) is 7.43. The van der Waals surface area contributed by atoms with Crippen molar-refractivity contribution in [3.05, 3.63) is 35.7 Å². The maximum atomic E-state index is 13.1. The third-order valence-corrected chi connectivity index (χ3v) is 5.54. The Morgan fingerprint density at radius 1 is 1.19 bits per heavy atom. The fraction of sp³-hybridized carbons (Fsp3) is 0.550. The SMILES string of the molecule is CCc1nc(-c2ccc(C(=O)N3CCOCC4(CCOCC4)C3)cc2)n[nH]1. The van der Waals surface area contributed by atoms with Gasteiger partial charge in [-0.2, -0.15) is 5.10 Å². The molecule has 0 bridgehead atoms. The number of aromatic amines is 1. The van der Waals surface area contributed by atoms with E-state index in [0.717, 1.165) is 50.4 Å². The summed E-state index contributed by atoms with van der Waals surface area (Å²) in [5.41, 5.74) is 1.62. The molecular weight excluding hydrogens is 344 g/mol. The lowest BCUT2D eigenvalue weighted by Crippen LogP contribution is -2.44. The minimum Gasteiger partial charge on any atom is -0.381 e. The molecule has 2 aliphatic heterocycles. The minimum absolute atomic E-state index is 0.0276. The summed E-state index contributed by atoms with van der Waals surface area (Å²) in [4.78, 5) is 19.5. The van der Waals surface area contributed by atoms with Gasteiger partial charge in [-0.25, -0.2) is 4.98 Å². The van der Waals surface area contributed by atoms with Crippen molar-refractivity contribution in [2.24, 2.45) is 5.41 Å². The number of nitrogens with one attached hydrogen (secondary N) is 1. The number of hydrogen-bond acceptors (Lipinski definition) is 5. The van der Waals surface area contributed by atoms with Crippen molar-refractivity contribution in [2.45, 2.75) is 26.2 Å². The van der Waals surface area contributed by atoms with Crippen molar-refractivity contribution in [1.82, 2.24) is 20.1 Å². The van der Waals surface area contributed by atoms with Crippen LogP contribution in [0, 0.1) is 5.41 Å². The van der Waals surface area contributed by atoms with Crippen LogP contribution in [-0.2, 0) is 15.9 Å². The van der Waals surface area contributed by atoms with Gasteiger partial charge in [0.1, 0.15) is 5.82 Å². The van der Waals surface area contributed by atoms with Crippen molar-refractivity contribution in [3.63, 3.8) is 0 Å². The van der Waals surface area contributed by atoms with Crippen LogP contribution < -0.4 is 0 Å². The topological polar surface area (TPSA) is 80.3 Å². The number of carbonyl (C=O) groups is 1. The van der Waals surface area contributed by atoms with Crippen molar-refractivity contribution < 1.29 is 14.3 Å². The Morgan fingerprint density at radius 2 is 1.96 bits per heavy atom. The lowest BCUT2D eigenvalue weighted by molar-refractivity contribution is -0.0304. The summed E-state index contributed by atoms with van der Waals surface area (Å²) in [5.74, 6) is 1.58. The summed E-state index contributed by atoms with van der Waals surface area (Å²) in [6.07, 6.45) is 2.70. The van der Waals surface area contributed by atoms with Crippen LogP contribution >= 0.6 is 0 Å².